The average molecular weight is 1490 g/mol. The van der Waals surface area contributed by atoms with Crippen LogP contribution in [0.3, 0.4) is 0 Å². The van der Waals surface area contributed by atoms with Gasteiger partial charge in [0.05, 0.1) is 26.4 Å². The van der Waals surface area contributed by atoms with Crippen LogP contribution in [0.2, 0.25) is 0 Å². The molecule has 3 unspecified atom stereocenters. The summed E-state index contributed by atoms with van der Waals surface area (Å²) in [4.78, 5) is 73.1. The van der Waals surface area contributed by atoms with E-state index >= 15 is 0 Å². The van der Waals surface area contributed by atoms with Crippen molar-refractivity contribution < 1.29 is 80.2 Å². The van der Waals surface area contributed by atoms with Gasteiger partial charge in [0.15, 0.2) is 12.2 Å². The van der Waals surface area contributed by atoms with Crippen molar-refractivity contribution in [3.8, 4) is 0 Å². The van der Waals surface area contributed by atoms with E-state index in [0.29, 0.717) is 25.7 Å². The van der Waals surface area contributed by atoms with Crippen molar-refractivity contribution in [1.82, 2.24) is 0 Å². The van der Waals surface area contributed by atoms with Gasteiger partial charge in [0.25, 0.3) is 0 Å². The van der Waals surface area contributed by atoms with Crippen molar-refractivity contribution >= 4 is 39.5 Å². The molecule has 102 heavy (non-hydrogen) atoms. The lowest BCUT2D eigenvalue weighted by atomic mass is 9.99. The highest BCUT2D eigenvalue weighted by molar-refractivity contribution is 7.47. The van der Waals surface area contributed by atoms with Gasteiger partial charge in [-0.2, -0.15) is 0 Å². The third-order valence-corrected chi connectivity index (χ3v) is 21.6. The number of hydrogen-bond donors (Lipinski definition) is 3. The molecule has 606 valence electrons. The highest BCUT2D eigenvalue weighted by Crippen LogP contribution is 2.45. The van der Waals surface area contributed by atoms with Crippen LogP contribution in [0.4, 0.5) is 0 Å². The van der Waals surface area contributed by atoms with Gasteiger partial charge < -0.3 is 33.8 Å². The highest BCUT2D eigenvalue weighted by atomic mass is 31.2. The first-order chi connectivity index (χ1) is 49.3. The van der Waals surface area contributed by atoms with Crippen molar-refractivity contribution in [3.63, 3.8) is 0 Å². The van der Waals surface area contributed by atoms with E-state index in [2.05, 4.69) is 48.5 Å². The first-order valence-corrected chi connectivity index (χ1v) is 45.9. The first-order valence-electron chi connectivity index (χ1n) is 42.9. The largest absolute Gasteiger partial charge is 0.472 e. The van der Waals surface area contributed by atoms with Crippen LogP contribution >= 0.6 is 15.6 Å². The van der Waals surface area contributed by atoms with Crippen molar-refractivity contribution in [3.05, 3.63) is 0 Å². The third-order valence-electron chi connectivity index (χ3n) is 19.7. The summed E-state index contributed by atoms with van der Waals surface area (Å²) < 4.78 is 68.8. The molecule has 0 spiro atoms. The van der Waals surface area contributed by atoms with Crippen LogP contribution in [0.1, 0.15) is 434 Å². The van der Waals surface area contributed by atoms with Crippen LogP contribution in [0.5, 0.6) is 0 Å². The second kappa shape index (κ2) is 73.2. The Balaban J connectivity index is 5.25. The van der Waals surface area contributed by atoms with Gasteiger partial charge in [0.2, 0.25) is 0 Å². The SMILES string of the molecule is CCCCCCCCCCCCCCCCCCCCCCC(=O)O[C@H](COC(=O)CCCCCCCCCCCCCCCCC(C)C)COP(=O)(O)OC[C@@H](O)COP(=O)(O)OC[C@@H](COC(=O)CCCCCCCCCCC(C)CC)OC(=O)CCCCCCCCCCCCC(C)C. The number of ether oxygens (including phenoxy) is 4. The molecule has 0 aliphatic carbocycles. The number of phosphoric acid groups is 2. The lowest BCUT2D eigenvalue weighted by molar-refractivity contribution is -0.161. The zero-order chi connectivity index (χ0) is 75.1. The van der Waals surface area contributed by atoms with Crippen LogP contribution < -0.4 is 0 Å². The topological polar surface area (TPSA) is 237 Å². The molecule has 0 amide bonds. The summed E-state index contributed by atoms with van der Waals surface area (Å²) in [5, 5.41) is 10.7. The Kier molecular flexibility index (Phi) is 71.8. The van der Waals surface area contributed by atoms with Crippen LogP contribution in [0, 0.1) is 17.8 Å². The van der Waals surface area contributed by atoms with Gasteiger partial charge in [0.1, 0.15) is 19.3 Å². The van der Waals surface area contributed by atoms with Crippen LogP contribution in [0.25, 0.3) is 0 Å². The average Bonchev–Trinajstić information content (AvgIpc) is 0.916. The number of unbranched alkanes of at least 4 members (excludes halogenated alkanes) is 48. The van der Waals surface area contributed by atoms with Crippen LogP contribution in [-0.4, -0.2) is 96.7 Å². The molecule has 0 aromatic heterocycles. The maximum absolute atomic E-state index is 13.1. The molecule has 0 aliphatic rings. The third kappa shape index (κ3) is 74.9. The van der Waals surface area contributed by atoms with Gasteiger partial charge in [0, 0.05) is 25.7 Å². The zero-order valence-corrected chi connectivity index (χ0v) is 68.9. The normalized spacial score (nSPS) is 14.2. The van der Waals surface area contributed by atoms with Gasteiger partial charge in [-0.25, -0.2) is 9.13 Å². The maximum atomic E-state index is 13.1. The number of phosphoric ester groups is 2. The molecule has 0 bridgehead atoms. The fraction of sp³-hybridized carbons (Fsp3) is 0.952. The molecular weight excluding hydrogens is 1330 g/mol. The lowest BCUT2D eigenvalue weighted by Crippen LogP contribution is -2.30. The van der Waals surface area contributed by atoms with Crippen molar-refractivity contribution in [2.45, 2.75) is 452 Å². The molecule has 0 heterocycles. The summed E-state index contributed by atoms with van der Waals surface area (Å²) in [6.07, 6.45) is 62.4. The summed E-state index contributed by atoms with van der Waals surface area (Å²) in [5.74, 6) is 0.220. The number of hydrogen-bond acceptors (Lipinski definition) is 15. The second-order valence-corrected chi connectivity index (χ2v) is 34.0. The fourth-order valence-corrected chi connectivity index (χ4v) is 14.4. The number of aliphatic hydroxyl groups excluding tert-OH is 1. The van der Waals surface area contributed by atoms with Gasteiger partial charge in [-0.05, 0) is 43.4 Å². The van der Waals surface area contributed by atoms with Gasteiger partial charge in [-0.3, -0.25) is 37.3 Å². The van der Waals surface area contributed by atoms with Crippen LogP contribution in [0.15, 0.2) is 0 Å². The number of esters is 4. The molecular formula is C83H162O17P2. The first kappa shape index (κ1) is 100. The Morgan fingerprint density at radius 3 is 0.745 bits per heavy atom. The Hall–Kier alpha value is -1.94. The summed E-state index contributed by atoms with van der Waals surface area (Å²) >= 11 is 0. The molecule has 0 fully saturated rings. The predicted molar refractivity (Wildman–Crippen MR) is 418 cm³/mol. The Morgan fingerprint density at radius 2 is 0.500 bits per heavy atom. The number of rotatable bonds is 81. The standard InChI is InChI=1S/C83H162O17P2/c1-8-10-11-12-13-14-15-16-17-18-19-20-21-22-27-30-36-45-52-59-66-82(87)99-78(70-93-80(85)64-57-50-43-35-29-26-24-23-25-28-33-40-47-54-61-74(3)4)72-97-101(89,90)95-68-77(84)69-96-102(91,92)98-73-79(71-94-81(86)65-58-51-44-39-38-42-49-56-63-76(7)9-2)100-83(88)67-60-53-46-37-32-31-34-41-48-55-62-75(5)6/h74-79,84H,8-73H2,1-7H3,(H,89,90)(H,91,92)/t76?,77-,78-,79-/m1/s1. The maximum Gasteiger partial charge on any atom is 0.472 e. The molecule has 6 atom stereocenters. The van der Waals surface area contributed by atoms with E-state index in [1.165, 1.54) is 244 Å². The van der Waals surface area contributed by atoms with Crippen LogP contribution in [-0.2, 0) is 65.4 Å². The summed E-state index contributed by atoms with van der Waals surface area (Å²) in [5.41, 5.74) is 0. The minimum Gasteiger partial charge on any atom is -0.462 e. The van der Waals surface area contributed by atoms with Crippen molar-refractivity contribution in [1.29, 1.82) is 0 Å². The number of aliphatic hydroxyl groups is 1. The molecule has 0 aromatic carbocycles. The number of carbonyl (C=O) groups excluding carboxylic acids is 4. The summed E-state index contributed by atoms with van der Waals surface area (Å²) in [7, 11) is -9.92. The Bertz CT molecular complexity index is 1980. The van der Waals surface area contributed by atoms with E-state index in [4.69, 9.17) is 37.0 Å². The van der Waals surface area contributed by atoms with E-state index < -0.39 is 97.5 Å². The van der Waals surface area contributed by atoms with Gasteiger partial charge in [-0.15, -0.1) is 0 Å². The smallest absolute Gasteiger partial charge is 0.462 e. The summed E-state index contributed by atoms with van der Waals surface area (Å²) in [6.45, 7) is 12.0. The lowest BCUT2D eigenvalue weighted by Gasteiger charge is -2.21. The molecule has 19 heteroatoms. The molecule has 17 nitrogen and oxygen atoms in total. The van der Waals surface area contributed by atoms with Gasteiger partial charge >= 0.3 is 39.5 Å². The summed E-state index contributed by atoms with van der Waals surface area (Å²) in [6, 6.07) is 0. The van der Waals surface area contributed by atoms with Crippen molar-refractivity contribution in [2.75, 3.05) is 39.6 Å². The fourth-order valence-electron chi connectivity index (χ4n) is 12.8. The zero-order valence-electron chi connectivity index (χ0n) is 67.1. The predicted octanol–water partition coefficient (Wildman–Crippen LogP) is 24.9. The van der Waals surface area contributed by atoms with Gasteiger partial charge in [-0.1, -0.05) is 382 Å². The van der Waals surface area contributed by atoms with E-state index in [1.807, 2.05) is 0 Å². The van der Waals surface area contributed by atoms with E-state index in [9.17, 15) is 43.2 Å². The molecule has 0 radical (unpaired) electrons. The molecule has 0 saturated heterocycles. The minimum absolute atomic E-state index is 0.106. The Morgan fingerprint density at radius 1 is 0.284 bits per heavy atom. The molecule has 0 saturated carbocycles. The van der Waals surface area contributed by atoms with E-state index in [-0.39, 0.29) is 25.7 Å². The van der Waals surface area contributed by atoms with E-state index in [0.717, 1.165) is 108 Å². The molecule has 0 rings (SSSR count). The van der Waals surface area contributed by atoms with E-state index in [1.54, 1.807) is 0 Å². The highest BCUT2D eigenvalue weighted by Gasteiger charge is 2.30. The minimum atomic E-state index is -4.96. The quantitative estimate of drug-likeness (QED) is 0.0222. The second-order valence-electron chi connectivity index (χ2n) is 31.1. The Labute approximate surface area is 626 Å². The molecule has 3 N–H and O–H groups in total. The van der Waals surface area contributed by atoms with Crippen molar-refractivity contribution in [2.24, 2.45) is 17.8 Å². The monoisotopic (exact) mass is 1490 g/mol. The number of carbonyl (C=O) groups is 4. The molecule has 0 aliphatic heterocycles. The molecule has 0 aromatic rings.